The van der Waals surface area contributed by atoms with Gasteiger partial charge in [0.05, 0.1) is 0 Å². The fourth-order valence-electron chi connectivity index (χ4n) is 2.86. The van der Waals surface area contributed by atoms with Crippen LogP contribution >= 0.6 is 0 Å². The first kappa shape index (κ1) is 34.6. The second kappa shape index (κ2) is 20.8. The Morgan fingerprint density at radius 1 is 0.886 bits per heavy atom. The predicted octanol–water partition coefficient (Wildman–Crippen LogP) is 9.46. The van der Waals surface area contributed by atoms with Crippen LogP contribution in [0.15, 0.2) is 42.5 Å². The van der Waals surface area contributed by atoms with Gasteiger partial charge < -0.3 is 5.32 Å². The Balaban J connectivity index is 0. The molecule has 1 aliphatic rings. The molecule has 0 heterocycles. The van der Waals surface area contributed by atoms with E-state index < -0.39 is 11.6 Å². The van der Waals surface area contributed by atoms with Crippen LogP contribution in [-0.4, -0.2) is 11.7 Å². The molecule has 0 saturated heterocycles. The van der Waals surface area contributed by atoms with Crippen molar-refractivity contribution in [1.82, 2.24) is 0 Å². The second-order valence-electron chi connectivity index (χ2n) is 8.10. The van der Waals surface area contributed by atoms with Gasteiger partial charge in [0, 0.05) is 24.6 Å². The van der Waals surface area contributed by atoms with Gasteiger partial charge in [-0.05, 0) is 61.1 Å². The smallest absolute Gasteiger partial charge is 0.221 e. The van der Waals surface area contributed by atoms with Crippen LogP contribution in [0.3, 0.4) is 0 Å². The zero-order valence-corrected chi connectivity index (χ0v) is 23.3. The zero-order chi connectivity index (χ0) is 27.4. The standard InChI is InChI=1S/C14H11F2NO.C7H16.C5H8O.2C2H6/c1-9(18)17-14-4-2-10(3-5-14)11-6-12(15)8-13(16)7-11;1-4-6-7(3)5-2;1-4(6)5-2-3-5;2*1-2/h2-8H,1H3,(H,17,18);7H,4-6H2,1-3H3;5H,2-3H2,1H3;2*1-2H3. The second-order valence-corrected chi connectivity index (χ2v) is 8.10. The largest absolute Gasteiger partial charge is 0.326 e. The maximum absolute atomic E-state index is 13.1. The quantitative estimate of drug-likeness (QED) is 0.437. The van der Waals surface area contributed by atoms with Crippen molar-refractivity contribution in [1.29, 1.82) is 0 Å². The fourth-order valence-corrected chi connectivity index (χ4v) is 2.86. The molecule has 1 saturated carbocycles. The van der Waals surface area contributed by atoms with Crippen molar-refractivity contribution in [2.24, 2.45) is 11.8 Å². The number of amides is 1. The summed E-state index contributed by atoms with van der Waals surface area (Å²) in [6, 6.07) is 10.1. The molecule has 1 atom stereocenters. The number of nitrogens with one attached hydrogen (secondary N) is 1. The molecule has 0 aliphatic heterocycles. The Labute approximate surface area is 212 Å². The molecule has 198 valence electrons. The molecule has 0 bridgehead atoms. The third-order valence-corrected chi connectivity index (χ3v) is 5.03. The molecule has 3 nitrogen and oxygen atoms in total. The number of halogens is 2. The minimum atomic E-state index is -0.615. The van der Waals surface area contributed by atoms with Crippen molar-refractivity contribution in [3.8, 4) is 11.1 Å². The molecule has 0 spiro atoms. The summed E-state index contributed by atoms with van der Waals surface area (Å²) in [5.41, 5.74) is 1.78. The average molecular weight is 492 g/mol. The Kier molecular flexibility index (Phi) is 20.5. The van der Waals surface area contributed by atoms with Gasteiger partial charge in [-0.25, -0.2) is 8.78 Å². The lowest BCUT2D eigenvalue weighted by molar-refractivity contribution is -0.118. The molecule has 2 aromatic carbocycles. The highest BCUT2D eigenvalue weighted by atomic mass is 19.1. The number of rotatable bonds is 6. The Bertz CT molecular complexity index is 811. The number of Topliss-reactive ketones (excluding diaryl/α,β-unsaturated/α-hetero) is 1. The number of ketones is 1. The van der Waals surface area contributed by atoms with Crippen LogP contribution in [0.2, 0.25) is 0 Å². The third-order valence-electron chi connectivity index (χ3n) is 5.03. The lowest BCUT2D eigenvalue weighted by atomic mass is 10.0. The molecular formula is C30H47F2NO2. The Morgan fingerprint density at radius 2 is 1.37 bits per heavy atom. The van der Waals surface area contributed by atoms with Crippen LogP contribution in [-0.2, 0) is 9.59 Å². The van der Waals surface area contributed by atoms with Gasteiger partial charge in [0.15, 0.2) is 0 Å². The molecule has 2 aromatic rings. The molecule has 1 unspecified atom stereocenters. The first-order valence-electron chi connectivity index (χ1n) is 13.0. The van der Waals surface area contributed by atoms with E-state index >= 15 is 0 Å². The van der Waals surface area contributed by atoms with Crippen molar-refractivity contribution in [3.05, 3.63) is 54.1 Å². The van der Waals surface area contributed by atoms with Gasteiger partial charge >= 0.3 is 0 Å². The van der Waals surface area contributed by atoms with Crippen molar-refractivity contribution in [2.75, 3.05) is 5.32 Å². The molecular weight excluding hydrogens is 444 g/mol. The van der Waals surface area contributed by atoms with Crippen LogP contribution in [0.5, 0.6) is 0 Å². The first-order valence-corrected chi connectivity index (χ1v) is 13.0. The van der Waals surface area contributed by atoms with Crippen molar-refractivity contribution < 1.29 is 18.4 Å². The summed E-state index contributed by atoms with van der Waals surface area (Å²) in [4.78, 5) is 21.1. The molecule has 0 aromatic heterocycles. The topological polar surface area (TPSA) is 46.2 Å². The lowest BCUT2D eigenvalue weighted by Crippen LogP contribution is -2.05. The van der Waals surface area contributed by atoms with E-state index in [1.165, 1.54) is 38.3 Å². The number of anilines is 1. The molecule has 1 N–H and O–H groups in total. The summed E-state index contributed by atoms with van der Waals surface area (Å²) >= 11 is 0. The minimum Gasteiger partial charge on any atom is -0.326 e. The lowest BCUT2D eigenvalue weighted by Gasteiger charge is -2.05. The maximum Gasteiger partial charge on any atom is 0.221 e. The van der Waals surface area contributed by atoms with Crippen LogP contribution in [0.1, 0.15) is 94.4 Å². The van der Waals surface area contributed by atoms with E-state index in [0.717, 1.165) is 24.8 Å². The van der Waals surface area contributed by atoms with Crippen molar-refractivity contribution >= 4 is 17.4 Å². The van der Waals surface area contributed by atoms with E-state index in [2.05, 4.69) is 26.1 Å². The summed E-state index contributed by atoms with van der Waals surface area (Å²) in [5.74, 6) is 0.386. The van der Waals surface area contributed by atoms with Crippen LogP contribution in [0.25, 0.3) is 11.1 Å². The van der Waals surface area contributed by atoms with Crippen LogP contribution < -0.4 is 5.32 Å². The highest BCUT2D eigenvalue weighted by molar-refractivity contribution is 5.89. The summed E-state index contributed by atoms with van der Waals surface area (Å²) < 4.78 is 26.1. The number of benzene rings is 2. The van der Waals surface area contributed by atoms with Crippen LogP contribution in [0.4, 0.5) is 14.5 Å². The number of carbonyl (C=O) groups is 2. The monoisotopic (exact) mass is 491 g/mol. The molecule has 0 radical (unpaired) electrons. The molecule has 5 heteroatoms. The van der Waals surface area contributed by atoms with Crippen molar-refractivity contribution in [2.45, 2.75) is 94.4 Å². The van der Waals surface area contributed by atoms with E-state index in [1.807, 2.05) is 27.7 Å². The van der Waals surface area contributed by atoms with Gasteiger partial charge in [0.2, 0.25) is 5.91 Å². The maximum atomic E-state index is 13.1. The highest BCUT2D eigenvalue weighted by Crippen LogP contribution is 2.29. The van der Waals surface area contributed by atoms with Gasteiger partial charge in [-0.1, -0.05) is 79.9 Å². The van der Waals surface area contributed by atoms with Crippen molar-refractivity contribution in [3.63, 3.8) is 0 Å². The molecule has 1 amide bonds. The highest BCUT2D eigenvalue weighted by Gasteiger charge is 2.25. The van der Waals surface area contributed by atoms with E-state index in [4.69, 9.17) is 0 Å². The minimum absolute atomic E-state index is 0.167. The molecule has 1 fully saturated rings. The first-order chi connectivity index (χ1) is 16.7. The molecule has 35 heavy (non-hydrogen) atoms. The number of hydrogen-bond acceptors (Lipinski definition) is 2. The zero-order valence-electron chi connectivity index (χ0n) is 23.3. The van der Waals surface area contributed by atoms with E-state index in [0.29, 0.717) is 28.5 Å². The summed E-state index contributed by atoms with van der Waals surface area (Å²) in [6.45, 7) is 17.9. The predicted molar refractivity (Wildman–Crippen MR) is 147 cm³/mol. The summed E-state index contributed by atoms with van der Waals surface area (Å²) in [7, 11) is 0. The van der Waals surface area contributed by atoms with Gasteiger partial charge in [-0.2, -0.15) is 0 Å². The Morgan fingerprint density at radius 3 is 1.66 bits per heavy atom. The van der Waals surface area contributed by atoms with Gasteiger partial charge in [-0.15, -0.1) is 0 Å². The number of carbonyl (C=O) groups excluding carboxylic acids is 2. The van der Waals surface area contributed by atoms with E-state index in [9.17, 15) is 18.4 Å². The summed E-state index contributed by atoms with van der Waals surface area (Å²) in [5, 5.41) is 2.62. The number of hydrogen-bond donors (Lipinski definition) is 1. The summed E-state index contributed by atoms with van der Waals surface area (Å²) in [6.07, 6.45) is 6.38. The van der Waals surface area contributed by atoms with Gasteiger partial charge in [0.1, 0.15) is 17.4 Å². The van der Waals surface area contributed by atoms with E-state index in [-0.39, 0.29) is 5.91 Å². The SMILES string of the molecule is CC.CC.CC(=O)C1CC1.CC(=O)Nc1ccc(-c2cc(F)cc(F)c2)cc1.CCCC(C)CC. The average Bonchev–Trinajstić information content (AvgIpc) is 3.68. The molecule has 3 rings (SSSR count). The van der Waals surface area contributed by atoms with E-state index in [1.54, 1.807) is 31.2 Å². The van der Waals surface area contributed by atoms with Crippen LogP contribution in [0, 0.1) is 23.5 Å². The Hall–Kier alpha value is -2.56. The normalized spacial score (nSPS) is 12.0. The third kappa shape index (κ3) is 17.5. The fraction of sp³-hybridized carbons (Fsp3) is 0.533. The molecule has 1 aliphatic carbocycles. The van der Waals surface area contributed by atoms with Gasteiger partial charge in [-0.3, -0.25) is 9.59 Å². The van der Waals surface area contributed by atoms with Gasteiger partial charge in [0.25, 0.3) is 0 Å².